The summed E-state index contributed by atoms with van der Waals surface area (Å²) in [5, 5.41) is 6.82. The zero-order chi connectivity index (χ0) is 17.5. The lowest BCUT2D eigenvalue weighted by atomic mass is 10.2. The van der Waals surface area contributed by atoms with Crippen LogP contribution in [0.1, 0.15) is 11.3 Å². The maximum atomic E-state index is 11.7. The lowest BCUT2D eigenvalue weighted by Gasteiger charge is -2.04. The fourth-order valence-electron chi connectivity index (χ4n) is 1.79. The lowest BCUT2D eigenvalue weighted by molar-refractivity contribution is -0.147. The van der Waals surface area contributed by atoms with E-state index in [-0.39, 0.29) is 6.42 Å². The Morgan fingerprint density at radius 3 is 2.58 bits per heavy atom. The van der Waals surface area contributed by atoms with E-state index in [4.69, 9.17) is 4.74 Å². The molecule has 2 rings (SSSR count). The van der Waals surface area contributed by atoms with E-state index in [1.54, 1.807) is 5.38 Å². The number of hydrogen-bond donors (Lipinski definition) is 2. The van der Waals surface area contributed by atoms with E-state index < -0.39 is 24.5 Å². The summed E-state index contributed by atoms with van der Waals surface area (Å²) < 4.78 is 4.82. The number of nitrogens with one attached hydrogen (secondary N) is 2. The molecule has 0 bridgehead atoms. The van der Waals surface area contributed by atoms with Gasteiger partial charge in [0.05, 0.1) is 12.1 Å². The van der Waals surface area contributed by atoms with Gasteiger partial charge in [0.2, 0.25) is 0 Å². The van der Waals surface area contributed by atoms with Gasteiger partial charge in [-0.25, -0.2) is 9.78 Å². The van der Waals surface area contributed by atoms with E-state index in [9.17, 15) is 14.4 Å². The van der Waals surface area contributed by atoms with Crippen molar-refractivity contribution >= 4 is 29.2 Å². The highest BCUT2D eigenvalue weighted by molar-refractivity contribution is 7.13. The number of nitrogens with zero attached hydrogens (tertiary/aromatic N) is 1. The molecular formula is C16H17N3O4S. The van der Waals surface area contributed by atoms with Gasteiger partial charge in [-0.15, -0.1) is 11.3 Å². The second-order valence-electron chi connectivity index (χ2n) is 4.97. The second-order valence-corrected chi connectivity index (χ2v) is 5.83. The summed E-state index contributed by atoms with van der Waals surface area (Å²) in [5.41, 5.74) is 2.72. The molecule has 0 spiro atoms. The lowest BCUT2D eigenvalue weighted by Crippen LogP contribution is -2.39. The van der Waals surface area contributed by atoms with Gasteiger partial charge < -0.3 is 10.1 Å². The predicted molar refractivity (Wildman–Crippen MR) is 89.5 cm³/mol. The number of urea groups is 1. The van der Waals surface area contributed by atoms with Crippen LogP contribution in [-0.4, -0.2) is 36.5 Å². The van der Waals surface area contributed by atoms with Crippen LogP contribution >= 0.6 is 11.3 Å². The number of thiazole rings is 1. The molecule has 0 aliphatic heterocycles. The van der Waals surface area contributed by atoms with Gasteiger partial charge in [-0.2, -0.15) is 0 Å². The third-order valence-electron chi connectivity index (χ3n) is 3.02. The highest BCUT2D eigenvalue weighted by Gasteiger charge is 2.13. The van der Waals surface area contributed by atoms with E-state index in [0.29, 0.717) is 5.69 Å². The fraction of sp³-hybridized carbons (Fsp3) is 0.250. The van der Waals surface area contributed by atoms with Gasteiger partial charge in [-0.1, -0.05) is 29.8 Å². The van der Waals surface area contributed by atoms with Crippen molar-refractivity contribution in [1.82, 2.24) is 15.6 Å². The predicted octanol–water partition coefficient (Wildman–Crippen LogP) is 1.66. The maximum Gasteiger partial charge on any atom is 0.321 e. The molecule has 1 aromatic carbocycles. The summed E-state index contributed by atoms with van der Waals surface area (Å²) in [6.45, 7) is 1.49. The minimum absolute atomic E-state index is 0.0321. The molecule has 0 saturated heterocycles. The first-order valence-electron chi connectivity index (χ1n) is 7.16. The molecule has 0 radical (unpaired) electrons. The van der Waals surface area contributed by atoms with E-state index in [2.05, 4.69) is 10.3 Å². The SMILES string of the molecule is CNC(=O)NC(=O)COC(=O)Cc1csc(-c2ccc(C)cc2)n1. The third-order valence-corrected chi connectivity index (χ3v) is 3.96. The molecular weight excluding hydrogens is 330 g/mol. The molecule has 8 heteroatoms. The van der Waals surface area contributed by atoms with Crippen LogP contribution in [0.3, 0.4) is 0 Å². The minimum atomic E-state index is -0.693. The first-order chi connectivity index (χ1) is 11.5. The second kappa shape index (κ2) is 8.21. The summed E-state index contributed by atoms with van der Waals surface area (Å²) in [5.74, 6) is -1.27. The molecule has 126 valence electrons. The van der Waals surface area contributed by atoms with Gasteiger partial charge in [0.25, 0.3) is 5.91 Å². The number of hydrogen-bond acceptors (Lipinski definition) is 6. The maximum absolute atomic E-state index is 11.7. The van der Waals surface area contributed by atoms with Crippen molar-refractivity contribution in [2.45, 2.75) is 13.3 Å². The van der Waals surface area contributed by atoms with Crippen LogP contribution in [0.2, 0.25) is 0 Å². The number of imide groups is 1. The van der Waals surface area contributed by atoms with Crippen molar-refractivity contribution < 1.29 is 19.1 Å². The molecule has 2 aromatic rings. The number of rotatable bonds is 5. The molecule has 1 aromatic heterocycles. The standard InChI is InChI=1S/C16H17N3O4S/c1-10-3-5-11(6-4-10)15-18-12(9-24-15)7-14(21)23-8-13(20)19-16(22)17-2/h3-6,9H,7-8H2,1-2H3,(H2,17,19,20,22). The Kier molecular flexibility index (Phi) is 6.02. The van der Waals surface area contributed by atoms with E-state index >= 15 is 0 Å². The fourth-order valence-corrected chi connectivity index (χ4v) is 2.61. The summed E-state index contributed by atoms with van der Waals surface area (Å²) in [6, 6.07) is 7.28. The Morgan fingerprint density at radius 2 is 1.92 bits per heavy atom. The highest BCUT2D eigenvalue weighted by Crippen LogP contribution is 2.24. The summed E-state index contributed by atoms with van der Waals surface area (Å²) in [7, 11) is 1.38. The number of amides is 3. The van der Waals surface area contributed by atoms with Crippen molar-refractivity contribution in [2.24, 2.45) is 0 Å². The number of benzene rings is 1. The quantitative estimate of drug-likeness (QED) is 0.802. The Bertz CT molecular complexity index is 740. The van der Waals surface area contributed by atoms with Crippen LogP contribution in [0.5, 0.6) is 0 Å². The number of aromatic nitrogens is 1. The molecule has 0 saturated carbocycles. The van der Waals surface area contributed by atoms with Crippen molar-refractivity contribution in [1.29, 1.82) is 0 Å². The van der Waals surface area contributed by atoms with Crippen LogP contribution in [0.25, 0.3) is 10.6 Å². The topological polar surface area (TPSA) is 97.4 Å². The smallest absolute Gasteiger partial charge is 0.321 e. The highest BCUT2D eigenvalue weighted by atomic mass is 32.1. The molecule has 0 atom stereocenters. The summed E-state index contributed by atoms with van der Waals surface area (Å²) >= 11 is 1.44. The zero-order valence-electron chi connectivity index (χ0n) is 13.3. The first-order valence-corrected chi connectivity index (χ1v) is 8.04. The Labute approximate surface area is 143 Å². The number of esters is 1. The van der Waals surface area contributed by atoms with Crippen molar-refractivity contribution in [2.75, 3.05) is 13.7 Å². The Morgan fingerprint density at radius 1 is 1.21 bits per heavy atom. The molecule has 3 amide bonds. The number of aryl methyl sites for hydroxylation is 1. The molecule has 0 fully saturated rings. The molecule has 7 nitrogen and oxygen atoms in total. The normalized spacial score (nSPS) is 10.1. The average molecular weight is 347 g/mol. The number of carbonyl (C=O) groups is 3. The zero-order valence-corrected chi connectivity index (χ0v) is 14.1. The van der Waals surface area contributed by atoms with Crippen molar-refractivity contribution in [3.63, 3.8) is 0 Å². The Balaban J connectivity index is 1.85. The van der Waals surface area contributed by atoms with Gasteiger partial charge in [0.15, 0.2) is 6.61 Å². The summed E-state index contributed by atoms with van der Waals surface area (Å²) in [6.07, 6.45) is -0.0321. The molecule has 0 unspecified atom stereocenters. The van der Waals surface area contributed by atoms with Gasteiger partial charge in [-0.05, 0) is 6.92 Å². The molecule has 24 heavy (non-hydrogen) atoms. The van der Waals surface area contributed by atoms with Gasteiger partial charge in [0.1, 0.15) is 5.01 Å². The largest absolute Gasteiger partial charge is 0.455 e. The monoisotopic (exact) mass is 347 g/mol. The van der Waals surface area contributed by atoms with Crippen LogP contribution in [-0.2, 0) is 20.7 Å². The van der Waals surface area contributed by atoms with Gasteiger partial charge in [0, 0.05) is 18.0 Å². The van der Waals surface area contributed by atoms with Gasteiger partial charge in [-0.3, -0.25) is 14.9 Å². The Hall–Kier alpha value is -2.74. The van der Waals surface area contributed by atoms with Gasteiger partial charge >= 0.3 is 12.0 Å². The van der Waals surface area contributed by atoms with E-state index in [1.165, 1.54) is 18.4 Å². The van der Waals surface area contributed by atoms with Crippen molar-refractivity contribution in [3.05, 3.63) is 40.9 Å². The van der Waals surface area contributed by atoms with Crippen LogP contribution in [0, 0.1) is 6.92 Å². The molecule has 1 heterocycles. The van der Waals surface area contributed by atoms with Crippen LogP contribution < -0.4 is 10.6 Å². The number of ether oxygens (including phenoxy) is 1. The minimum Gasteiger partial charge on any atom is -0.455 e. The first kappa shape index (κ1) is 17.6. The molecule has 0 aliphatic rings. The third kappa shape index (κ3) is 5.17. The molecule has 0 aliphatic carbocycles. The molecule has 2 N–H and O–H groups in total. The van der Waals surface area contributed by atoms with E-state index in [1.807, 2.05) is 36.5 Å². The number of carbonyl (C=O) groups excluding carboxylic acids is 3. The summed E-state index contributed by atoms with van der Waals surface area (Å²) in [4.78, 5) is 38.4. The average Bonchev–Trinajstić information content (AvgIpc) is 3.02. The van der Waals surface area contributed by atoms with Crippen molar-refractivity contribution in [3.8, 4) is 10.6 Å². The van der Waals surface area contributed by atoms with E-state index in [0.717, 1.165) is 16.1 Å². The van der Waals surface area contributed by atoms with Crippen LogP contribution in [0.15, 0.2) is 29.6 Å². The van der Waals surface area contributed by atoms with Crippen LogP contribution in [0.4, 0.5) is 4.79 Å².